The van der Waals surface area contributed by atoms with Gasteiger partial charge in [-0.2, -0.15) is 0 Å². The highest BCUT2D eigenvalue weighted by Crippen LogP contribution is 2.12. The molecule has 3 aromatic rings. The first-order valence-corrected chi connectivity index (χ1v) is 6.58. The normalized spacial score (nSPS) is 10.6. The van der Waals surface area contributed by atoms with Crippen molar-refractivity contribution in [2.24, 2.45) is 0 Å². The van der Waals surface area contributed by atoms with Crippen LogP contribution < -0.4 is 5.56 Å². The van der Waals surface area contributed by atoms with Crippen molar-refractivity contribution in [3.8, 4) is 11.5 Å². The number of aryl methyl sites for hydroxylation is 1. The summed E-state index contributed by atoms with van der Waals surface area (Å²) < 4.78 is 1.71. The zero-order valence-corrected chi connectivity index (χ0v) is 11.0. The fourth-order valence-electron chi connectivity index (χ4n) is 2.22. The van der Waals surface area contributed by atoms with Crippen LogP contribution in [0.15, 0.2) is 65.7 Å². The van der Waals surface area contributed by atoms with Crippen molar-refractivity contribution < 1.29 is 0 Å². The number of H-pyrrole nitrogens is 1. The van der Waals surface area contributed by atoms with E-state index in [0.717, 1.165) is 12.1 Å². The Balaban J connectivity index is 1.91. The standard InChI is InChI=1S/C16H15N3O/c20-15-8-11-18-16(14-7-4-10-17-14)19(15)12-9-13-5-2-1-3-6-13/h1-8,10-11,17H,9,12H2. The highest BCUT2D eigenvalue weighted by atomic mass is 16.1. The van der Waals surface area contributed by atoms with Crippen LogP contribution in [-0.4, -0.2) is 14.5 Å². The van der Waals surface area contributed by atoms with E-state index in [1.807, 2.05) is 36.5 Å². The summed E-state index contributed by atoms with van der Waals surface area (Å²) in [5, 5.41) is 0. The van der Waals surface area contributed by atoms with E-state index < -0.39 is 0 Å². The van der Waals surface area contributed by atoms with Gasteiger partial charge >= 0.3 is 0 Å². The van der Waals surface area contributed by atoms with Crippen LogP contribution in [0.5, 0.6) is 0 Å². The number of benzene rings is 1. The molecule has 0 atom stereocenters. The molecule has 0 saturated carbocycles. The molecule has 2 heterocycles. The summed E-state index contributed by atoms with van der Waals surface area (Å²) in [4.78, 5) is 19.5. The maximum Gasteiger partial charge on any atom is 0.253 e. The minimum atomic E-state index is -0.0273. The fraction of sp³-hybridized carbons (Fsp3) is 0.125. The quantitative estimate of drug-likeness (QED) is 0.788. The van der Waals surface area contributed by atoms with E-state index in [9.17, 15) is 4.79 Å². The van der Waals surface area contributed by atoms with Crippen LogP contribution in [0.4, 0.5) is 0 Å². The molecule has 0 unspecified atom stereocenters. The van der Waals surface area contributed by atoms with Crippen LogP contribution in [0, 0.1) is 0 Å². The Kier molecular flexibility index (Phi) is 3.46. The van der Waals surface area contributed by atoms with Gasteiger partial charge in [0, 0.05) is 25.0 Å². The third-order valence-electron chi connectivity index (χ3n) is 3.24. The number of hydrogen-bond acceptors (Lipinski definition) is 2. The van der Waals surface area contributed by atoms with Crippen LogP contribution in [0.3, 0.4) is 0 Å². The molecule has 1 aromatic carbocycles. The van der Waals surface area contributed by atoms with E-state index in [2.05, 4.69) is 22.1 Å². The molecule has 0 aliphatic carbocycles. The van der Waals surface area contributed by atoms with E-state index in [4.69, 9.17) is 0 Å². The number of aromatic nitrogens is 3. The Morgan fingerprint density at radius 3 is 2.65 bits per heavy atom. The molecule has 0 spiro atoms. The number of aromatic amines is 1. The van der Waals surface area contributed by atoms with Gasteiger partial charge in [0.15, 0.2) is 5.82 Å². The first-order chi connectivity index (χ1) is 9.84. The topological polar surface area (TPSA) is 50.7 Å². The smallest absolute Gasteiger partial charge is 0.253 e. The molecule has 0 bridgehead atoms. The van der Waals surface area contributed by atoms with Crippen molar-refractivity contribution in [2.45, 2.75) is 13.0 Å². The Morgan fingerprint density at radius 1 is 1.05 bits per heavy atom. The van der Waals surface area contributed by atoms with Crippen LogP contribution in [0.2, 0.25) is 0 Å². The Hall–Kier alpha value is -2.62. The van der Waals surface area contributed by atoms with Gasteiger partial charge in [0.2, 0.25) is 0 Å². The Labute approximate surface area is 116 Å². The maximum atomic E-state index is 12.1. The van der Waals surface area contributed by atoms with E-state index in [0.29, 0.717) is 12.4 Å². The first-order valence-electron chi connectivity index (χ1n) is 6.58. The molecule has 100 valence electrons. The minimum absolute atomic E-state index is 0.0273. The number of nitrogens with one attached hydrogen (secondary N) is 1. The molecule has 0 saturated heterocycles. The van der Waals surface area contributed by atoms with Crippen molar-refractivity contribution in [2.75, 3.05) is 0 Å². The molecule has 2 aromatic heterocycles. The molecule has 0 radical (unpaired) electrons. The lowest BCUT2D eigenvalue weighted by atomic mass is 10.1. The largest absolute Gasteiger partial charge is 0.359 e. The summed E-state index contributed by atoms with van der Waals surface area (Å²) in [5.74, 6) is 0.679. The van der Waals surface area contributed by atoms with Gasteiger partial charge in [0.1, 0.15) is 0 Å². The summed E-state index contributed by atoms with van der Waals surface area (Å²) in [6, 6.07) is 15.4. The van der Waals surface area contributed by atoms with E-state index in [1.165, 1.54) is 11.6 Å². The van der Waals surface area contributed by atoms with Gasteiger partial charge in [-0.3, -0.25) is 9.36 Å². The third kappa shape index (κ3) is 2.54. The number of hydrogen-bond donors (Lipinski definition) is 1. The van der Waals surface area contributed by atoms with Crippen molar-refractivity contribution in [1.29, 1.82) is 0 Å². The minimum Gasteiger partial charge on any atom is -0.359 e. The van der Waals surface area contributed by atoms with Crippen molar-refractivity contribution >= 4 is 0 Å². The molecular weight excluding hydrogens is 250 g/mol. The van der Waals surface area contributed by atoms with Gasteiger partial charge in [-0.05, 0) is 24.1 Å². The lowest BCUT2D eigenvalue weighted by Gasteiger charge is -2.10. The average Bonchev–Trinajstić information content (AvgIpc) is 3.01. The first kappa shape index (κ1) is 12.4. The molecule has 20 heavy (non-hydrogen) atoms. The molecule has 3 rings (SSSR count). The van der Waals surface area contributed by atoms with Gasteiger partial charge in [-0.25, -0.2) is 4.98 Å². The van der Waals surface area contributed by atoms with E-state index >= 15 is 0 Å². The van der Waals surface area contributed by atoms with Gasteiger partial charge in [0.25, 0.3) is 5.56 Å². The van der Waals surface area contributed by atoms with Gasteiger partial charge in [-0.15, -0.1) is 0 Å². The summed E-state index contributed by atoms with van der Waals surface area (Å²) in [6.45, 7) is 0.616. The Morgan fingerprint density at radius 2 is 1.90 bits per heavy atom. The second-order valence-electron chi connectivity index (χ2n) is 4.58. The van der Waals surface area contributed by atoms with Crippen LogP contribution in [-0.2, 0) is 13.0 Å². The van der Waals surface area contributed by atoms with Crippen molar-refractivity contribution in [3.05, 3.63) is 76.8 Å². The number of nitrogens with zero attached hydrogens (tertiary/aromatic N) is 2. The SMILES string of the molecule is O=c1ccnc(-c2ccc[nH]2)n1CCc1ccccc1. The summed E-state index contributed by atoms with van der Waals surface area (Å²) in [6.07, 6.45) is 4.19. The van der Waals surface area contributed by atoms with Crippen LogP contribution in [0.25, 0.3) is 11.5 Å². The second kappa shape index (κ2) is 5.57. The summed E-state index contributed by atoms with van der Waals surface area (Å²) in [5.41, 5.74) is 2.04. The molecule has 0 fully saturated rings. The molecule has 4 heteroatoms. The monoisotopic (exact) mass is 265 g/mol. The summed E-state index contributed by atoms with van der Waals surface area (Å²) in [7, 11) is 0. The maximum absolute atomic E-state index is 12.1. The molecule has 0 aliphatic heterocycles. The molecule has 0 amide bonds. The fourth-order valence-corrected chi connectivity index (χ4v) is 2.22. The predicted molar refractivity (Wildman–Crippen MR) is 78.4 cm³/mol. The zero-order chi connectivity index (χ0) is 13.8. The van der Waals surface area contributed by atoms with E-state index in [-0.39, 0.29) is 5.56 Å². The zero-order valence-electron chi connectivity index (χ0n) is 11.0. The van der Waals surface area contributed by atoms with Crippen LogP contribution >= 0.6 is 0 Å². The second-order valence-corrected chi connectivity index (χ2v) is 4.58. The highest BCUT2D eigenvalue weighted by Gasteiger charge is 2.08. The van der Waals surface area contributed by atoms with Gasteiger partial charge in [0.05, 0.1) is 5.69 Å². The van der Waals surface area contributed by atoms with Crippen LogP contribution in [0.1, 0.15) is 5.56 Å². The van der Waals surface area contributed by atoms with Crippen molar-refractivity contribution in [1.82, 2.24) is 14.5 Å². The molecule has 4 nitrogen and oxygen atoms in total. The highest BCUT2D eigenvalue weighted by molar-refractivity contribution is 5.49. The summed E-state index contributed by atoms with van der Waals surface area (Å²) >= 11 is 0. The Bertz CT molecular complexity index is 730. The molecular formula is C16H15N3O. The van der Waals surface area contributed by atoms with Gasteiger partial charge in [-0.1, -0.05) is 30.3 Å². The van der Waals surface area contributed by atoms with E-state index in [1.54, 1.807) is 10.8 Å². The average molecular weight is 265 g/mol. The lowest BCUT2D eigenvalue weighted by Crippen LogP contribution is -2.23. The predicted octanol–water partition coefficient (Wildman–Crippen LogP) is 2.48. The molecule has 0 aliphatic rings. The lowest BCUT2D eigenvalue weighted by molar-refractivity contribution is 0.662. The third-order valence-corrected chi connectivity index (χ3v) is 3.24. The van der Waals surface area contributed by atoms with Gasteiger partial charge < -0.3 is 4.98 Å². The number of rotatable bonds is 4. The van der Waals surface area contributed by atoms with Crippen molar-refractivity contribution in [3.63, 3.8) is 0 Å². The molecule has 1 N–H and O–H groups in total.